The number of nitrogens with zero attached hydrogens (tertiary/aromatic N) is 2. The van der Waals surface area contributed by atoms with Crippen LogP contribution in [0.3, 0.4) is 0 Å². The number of rotatable bonds is 4. The van der Waals surface area contributed by atoms with E-state index in [9.17, 15) is 14.9 Å². The molecule has 1 amide bonds. The summed E-state index contributed by atoms with van der Waals surface area (Å²) in [5.74, 6) is -0.0864. The SMILES string of the molecule is NCC1CCCCN1C(=O)C=Cc1cccc([N+](=O)[O-])c1. The number of carbonyl (C=O) groups excluding carboxylic acids is 1. The van der Waals surface area contributed by atoms with Crippen molar-refractivity contribution in [3.63, 3.8) is 0 Å². The summed E-state index contributed by atoms with van der Waals surface area (Å²) in [7, 11) is 0. The maximum Gasteiger partial charge on any atom is 0.270 e. The van der Waals surface area contributed by atoms with E-state index in [1.54, 1.807) is 23.1 Å². The monoisotopic (exact) mass is 289 g/mol. The molecule has 0 spiro atoms. The van der Waals surface area contributed by atoms with Crippen LogP contribution in [0.4, 0.5) is 5.69 Å². The Hall–Kier alpha value is -2.21. The molecule has 1 saturated heterocycles. The van der Waals surface area contributed by atoms with Crippen molar-refractivity contribution in [2.75, 3.05) is 13.1 Å². The van der Waals surface area contributed by atoms with Gasteiger partial charge in [0.1, 0.15) is 0 Å². The third-order valence-electron chi connectivity index (χ3n) is 3.68. The molecule has 1 aromatic rings. The van der Waals surface area contributed by atoms with Gasteiger partial charge in [-0.25, -0.2) is 0 Å². The lowest BCUT2D eigenvalue weighted by Gasteiger charge is -2.34. The van der Waals surface area contributed by atoms with Gasteiger partial charge in [-0.05, 0) is 30.9 Å². The molecule has 1 fully saturated rings. The maximum absolute atomic E-state index is 12.2. The smallest absolute Gasteiger partial charge is 0.270 e. The van der Waals surface area contributed by atoms with Gasteiger partial charge in [-0.3, -0.25) is 14.9 Å². The highest BCUT2D eigenvalue weighted by molar-refractivity contribution is 5.92. The third kappa shape index (κ3) is 3.88. The Morgan fingerprint density at radius 3 is 3.00 bits per heavy atom. The van der Waals surface area contributed by atoms with E-state index in [0.29, 0.717) is 12.1 Å². The number of piperidine rings is 1. The number of nitrogens with two attached hydrogens (primary N) is 1. The van der Waals surface area contributed by atoms with Gasteiger partial charge in [0.25, 0.3) is 5.69 Å². The van der Waals surface area contributed by atoms with Crippen LogP contribution >= 0.6 is 0 Å². The molecule has 2 rings (SSSR count). The second-order valence-corrected chi connectivity index (χ2v) is 5.10. The van der Waals surface area contributed by atoms with Gasteiger partial charge in [0.2, 0.25) is 5.91 Å². The molecule has 0 aliphatic carbocycles. The molecule has 1 aromatic carbocycles. The highest BCUT2D eigenvalue weighted by Crippen LogP contribution is 2.18. The highest BCUT2D eigenvalue weighted by Gasteiger charge is 2.23. The van der Waals surface area contributed by atoms with Crippen molar-refractivity contribution >= 4 is 17.7 Å². The molecule has 21 heavy (non-hydrogen) atoms. The molecular weight excluding hydrogens is 270 g/mol. The van der Waals surface area contributed by atoms with E-state index in [-0.39, 0.29) is 17.6 Å². The lowest BCUT2D eigenvalue weighted by molar-refractivity contribution is -0.384. The van der Waals surface area contributed by atoms with Crippen molar-refractivity contribution in [3.8, 4) is 0 Å². The number of nitro groups is 1. The Bertz CT molecular complexity index is 557. The van der Waals surface area contributed by atoms with Crippen molar-refractivity contribution in [3.05, 3.63) is 46.0 Å². The van der Waals surface area contributed by atoms with Crippen LogP contribution in [0.2, 0.25) is 0 Å². The molecule has 0 radical (unpaired) electrons. The molecule has 1 heterocycles. The molecule has 1 unspecified atom stereocenters. The number of benzene rings is 1. The molecule has 0 aromatic heterocycles. The zero-order valence-electron chi connectivity index (χ0n) is 11.8. The van der Waals surface area contributed by atoms with Gasteiger partial charge in [-0.15, -0.1) is 0 Å². The summed E-state index contributed by atoms with van der Waals surface area (Å²) < 4.78 is 0. The Kier molecular flexibility index (Phi) is 5.05. The maximum atomic E-state index is 12.2. The summed E-state index contributed by atoms with van der Waals surface area (Å²) in [5.41, 5.74) is 6.35. The van der Waals surface area contributed by atoms with E-state index in [0.717, 1.165) is 25.8 Å². The third-order valence-corrected chi connectivity index (χ3v) is 3.68. The van der Waals surface area contributed by atoms with E-state index >= 15 is 0 Å². The molecule has 6 nitrogen and oxygen atoms in total. The molecule has 1 aliphatic heterocycles. The fraction of sp³-hybridized carbons (Fsp3) is 0.400. The van der Waals surface area contributed by atoms with Crippen LogP contribution in [0, 0.1) is 10.1 Å². The van der Waals surface area contributed by atoms with Crippen LogP contribution in [0.1, 0.15) is 24.8 Å². The highest BCUT2D eigenvalue weighted by atomic mass is 16.6. The van der Waals surface area contributed by atoms with Crippen LogP contribution in [-0.2, 0) is 4.79 Å². The number of hydrogen-bond acceptors (Lipinski definition) is 4. The van der Waals surface area contributed by atoms with Crippen molar-refractivity contribution in [1.82, 2.24) is 4.90 Å². The van der Waals surface area contributed by atoms with Crippen molar-refractivity contribution in [2.24, 2.45) is 5.73 Å². The van der Waals surface area contributed by atoms with Crippen LogP contribution in [-0.4, -0.2) is 34.9 Å². The number of likely N-dealkylation sites (tertiary alicyclic amines) is 1. The fourth-order valence-electron chi connectivity index (χ4n) is 2.54. The molecule has 0 saturated carbocycles. The van der Waals surface area contributed by atoms with E-state index in [4.69, 9.17) is 5.73 Å². The molecule has 6 heteroatoms. The zero-order valence-corrected chi connectivity index (χ0v) is 11.8. The summed E-state index contributed by atoms with van der Waals surface area (Å²) in [6.07, 6.45) is 6.10. The summed E-state index contributed by atoms with van der Waals surface area (Å²) in [6.45, 7) is 1.19. The van der Waals surface area contributed by atoms with Gasteiger partial charge in [-0.2, -0.15) is 0 Å². The van der Waals surface area contributed by atoms with Gasteiger partial charge >= 0.3 is 0 Å². The van der Waals surface area contributed by atoms with Crippen LogP contribution < -0.4 is 5.73 Å². The first kappa shape index (κ1) is 15.2. The summed E-state index contributed by atoms with van der Waals surface area (Å²) in [6, 6.07) is 6.30. The molecular formula is C15H19N3O3. The first-order valence-electron chi connectivity index (χ1n) is 7.05. The minimum atomic E-state index is -0.450. The number of amides is 1. The van der Waals surface area contributed by atoms with Crippen molar-refractivity contribution < 1.29 is 9.72 Å². The molecule has 1 atom stereocenters. The molecule has 0 bridgehead atoms. The average Bonchev–Trinajstić information content (AvgIpc) is 2.52. The predicted molar refractivity (Wildman–Crippen MR) is 80.5 cm³/mol. The lowest BCUT2D eigenvalue weighted by Crippen LogP contribution is -2.46. The van der Waals surface area contributed by atoms with Crippen LogP contribution in [0.15, 0.2) is 30.3 Å². The van der Waals surface area contributed by atoms with E-state index < -0.39 is 4.92 Å². The number of carbonyl (C=O) groups is 1. The van der Waals surface area contributed by atoms with Gasteiger partial charge < -0.3 is 10.6 Å². The zero-order chi connectivity index (χ0) is 15.2. The normalized spacial score (nSPS) is 18.9. The largest absolute Gasteiger partial charge is 0.335 e. The predicted octanol–water partition coefficient (Wildman–Crippen LogP) is 1.95. The van der Waals surface area contributed by atoms with Crippen molar-refractivity contribution in [2.45, 2.75) is 25.3 Å². The Morgan fingerprint density at radius 2 is 2.29 bits per heavy atom. The first-order chi connectivity index (χ1) is 10.1. The van der Waals surface area contributed by atoms with Crippen LogP contribution in [0.5, 0.6) is 0 Å². The molecule has 1 aliphatic rings. The van der Waals surface area contributed by atoms with E-state index in [1.807, 2.05) is 0 Å². The second kappa shape index (κ2) is 6.99. The van der Waals surface area contributed by atoms with Gasteiger partial charge in [0, 0.05) is 37.3 Å². The Morgan fingerprint density at radius 1 is 1.48 bits per heavy atom. The Labute approximate surface area is 123 Å². The summed E-state index contributed by atoms with van der Waals surface area (Å²) in [5, 5.41) is 10.7. The first-order valence-corrected chi connectivity index (χ1v) is 7.05. The summed E-state index contributed by atoms with van der Waals surface area (Å²) >= 11 is 0. The quantitative estimate of drug-likeness (QED) is 0.521. The fourth-order valence-corrected chi connectivity index (χ4v) is 2.54. The van der Waals surface area contributed by atoms with Crippen molar-refractivity contribution in [1.29, 1.82) is 0 Å². The summed E-state index contributed by atoms with van der Waals surface area (Å²) in [4.78, 5) is 24.3. The van der Waals surface area contributed by atoms with E-state index in [1.165, 1.54) is 18.2 Å². The second-order valence-electron chi connectivity index (χ2n) is 5.10. The molecule has 2 N–H and O–H groups in total. The Balaban J connectivity index is 2.07. The van der Waals surface area contributed by atoms with Crippen LogP contribution in [0.25, 0.3) is 6.08 Å². The van der Waals surface area contributed by atoms with Gasteiger partial charge in [0.15, 0.2) is 0 Å². The topological polar surface area (TPSA) is 89.5 Å². The minimum Gasteiger partial charge on any atom is -0.335 e. The number of hydrogen-bond donors (Lipinski definition) is 1. The lowest BCUT2D eigenvalue weighted by atomic mass is 10.0. The number of nitro benzene ring substituents is 1. The molecule has 112 valence electrons. The average molecular weight is 289 g/mol. The standard InChI is InChI=1S/C15H19N3O3/c16-11-14-5-1-2-9-17(14)15(19)8-7-12-4-3-6-13(10-12)18(20)21/h3-4,6-8,10,14H,1-2,5,9,11,16H2. The van der Waals surface area contributed by atoms with E-state index in [2.05, 4.69) is 0 Å². The van der Waals surface area contributed by atoms with Gasteiger partial charge in [-0.1, -0.05) is 12.1 Å². The minimum absolute atomic E-state index is 0.0161. The van der Waals surface area contributed by atoms with Gasteiger partial charge in [0.05, 0.1) is 4.92 Å². The number of non-ortho nitro benzene ring substituents is 1.